The largest absolute Gasteiger partial charge is 0.326 e. The summed E-state index contributed by atoms with van der Waals surface area (Å²) in [6.07, 6.45) is 7.42. The fourth-order valence-corrected chi connectivity index (χ4v) is 4.09. The van der Waals surface area contributed by atoms with E-state index in [1.54, 1.807) is 0 Å². The summed E-state index contributed by atoms with van der Waals surface area (Å²) in [5.74, 6) is 0. The highest BCUT2D eigenvalue weighted by atomic mass is 32.1. The molecule has 1 unspecified atom stereocenters. The Morgan fingerprint density at radius 1 is 1.50 bits per heavy atom. The van der Waals surface area contributed by atoms with Crippen LogP contribution in [0, 0.1) is 0 Å². The molecule has 0 aliphatic heterocycles. The Balaban J connectivity index is 1.98. The van der Waals surface area contributed by atoms with Crippen LogP contribution in [0.25, 0.3) is 10.7 Å². The van der Waals surface area contributed by atoms with E-state index in [0.29, 0.717) is 12.1 Å². The molecule has 1 aliphatic carbocycles. The monoisotopic (exact) mass is 290 g/mol. The zero-order valence-corrected chi connectivity index (χ0v) is 13.2. The highest BCUT2D eigenvalue weighted by molar-refractivity contribution is 7.15. The SMILES string of the molecule is CCNC1CCCc2nc(-c3cncn3C(C)C)sc21. The van der Waals surface area contributed by atoms with E-state index in [1.165, 1.54) is 23.4 Å². The zero-order valence-electron chi connectivity index (χ0n) is 12.4. The van der Waals surface area contributed by atoms with Crippen LogP contribution in [0.4, 0.5) is 0 Å². The minimum Gasteiger partial charge on any atom is -0.326 e. The Bertz CT molecular complexity index is 584. The first-order valence-electron chi connectivity index (χ1n) is 7.46. The molecule has 5 heteroatoms. The maximum atomic E-state index is 4.89. The molecule has 0 amide bonds. The van der Waals surface area contributed by atoms with Crippen LogP contribution in [-0.2, 0) is 6.42 Å². The van der Waals surface area contributed by atoms with E-state index in [0.717, 1.165) is 23.7 Å². The van der Waals surface area contributed by atoms with Gasteiger partial charge in [-0.15, -0.1) is 11.3 Å². The van der Waals surface area contributed by atoms with Crippen molar-refractivity contribution >= 4 is 11.3 Å². The summed E-state index contributed by atoms with van der Waals surface area (Å²) >= 11 is 1.84. The van der Waals surface area contributed by atoms with Gasteiger partial charge in [-0.3, -0.25) is 0 Å². The Morgan fingerprint density at radius 3 is 3.10 bits per heavy atom. The first-order valence-corrected chi connectivity index (χ1v) is 8.27. The van der Waals surface area contributed by atoms with E-state index in [1.807, 2.05) is 23.9 Å². The quantitative estimate of drug-likeness (QED) is 0.936. The summed E-state index contributed by atoms with van der Waals surface area (Å²) in [6.45, 7) is 7.55. The number of aryl methyl sites for hydroxylation is 1. The van der Waals surface area contributed by atoms with E-state index in [-0.39, 0.29) is 0 Å². The summed E-state index contributed by atoms with van der Waals surface area (Å²) in [5.41, 5.74) is 2.44. The van der Waals surface area contributed by atoms with Crippen LogP contribution in [0.15, 0.2) is 12.5 Å². The van der Waals surface area contributed by atoms with Crippen molar-refractivity contribution in [3.8, 4) is 10.7 Å². The summed E-state index contributed by atoms with van der Waals surface area (Å²) in [5, 5.41) is 4.70. The average Bonchev–Trinajstić information content (AvgIpc) is 3.05. The molecule has 2 aromatic heterocycles. The van der Waals surface area contributed by atoms with Gasteiger partial charge in [-0.1, -0.05) is 6.92 Å². The van der Waals surface area contributed by atoms with Gasteiger partial charge in [0.25, 0.3) is 0 Å². The van der Waals surface area contributed by atoms with Crippen LogP contribution < -0.4 is 5.32 Å². The molecule has 1 N–H and O–H groups in total. The van der Waals surface area contributed by atoms with Crippen LogP contribution in [0.2, 0.25) is 0 Å². The molecule has 0 fully saturated rings. The molecule has 0 aromatic carbocycles. The fourth-order valence-electron chi connectivity index (χ4n) is 2.85. The number of fused-ring (bicyclic) bond motifs is 1. The predicted molar refractivity (Wildman–Crippen MR) is 83.1 cm³/mol. The third kappa shape index (κ3) is 2.40. The zero-order chi connectivity index (χ0) is 14.1. The predicted octanol–water partition coefficient (Wildman–Crippen LogP) is 3.57. The lowest BCUT2D eigenvalue weighted by atomic mass is 9.98. The molecule has 1 aliphatic rings. The minimum atomic E-state index is 0.415. The number of hydrogen-bond acceptors (Lipinski definition) is 4. The molecule has 0 radical (unpaired) electrons. The molecule has 2 heterocycles. The van der Waals surface area contributed by atoms with Crippen molar-refractivity contribution in [3.63, 3.8) is 0 Å². The minimum absolute atomic E-state index is 0.415. The van der Waals surface area contributed by atoms with E-state index in [9.17, 15) is 0 Å². The summed E-state index contributed by atoms with van der Waals surface area (Å²) < 4.78 is 2.20. The second kappa shape index (κ2) is 5.66. The van der Waals surface area contributed by atoms with Gasteiger partial charge in [0.15, 0.2) is 0 Å². The van der Waals surface area contributed by atoms with Crippen molar-refractivity contribution in [1.82, 2.24) is 19.9 Å². The normalized spacial score (nSPS) is 18.5. The number of aromatic nitrogens is 3. The van der Waals surface area contributed by atoms with E-state index in [4.69, 9.17) is 4.98 Å². The molecular weight excluding hydrogens is 268 g/mol. The highest BCUT2D eigenvalue weighted by Gasteiger charge is 2.25. The molecule has 4 nitrogen and oxygen atoms in total. The topological polar surface area (TPSA) is 42.7 Å². The Kier molecular flexibility index (Phi) is 3.89. The highest BCUT2D eigenvalue weighted by Crippen LogP contribution is 2.38. The molecule has 0 saturated heterocycles. The van der Waals surface area contributed by atoms with Crippen LogP contribution in [0.5, 0.6) is 0 Å². The van der Waals surface area contributed by atoms with Crippen LogP contribution in [0.1, 0.15) is 56.3 Å². The molecule has 0 bridgehead atoms. The van der Waals surface area contributed by atoms with Gasteiger partial charge in [-0.2, -0.15) is 0 Å². The maximum absolute atomic E-state index is 4.89. The number of nitrogens with one attached hydrogen (secondary N) is 1. The van der Waals surface area contributed by atoms with Gasteiger partial charge in [0.05, 0.1) is 23.9 Å². The molecule has 108 valence electrons. The molecule has 0 saturated carbocycles. The second-order valence-electron chi connectivity index (χ2n) is 5.61. The third-order valence-electron chi connectivity index (χ3n) is 3.84. The van der Waals surface area contributed by atoms with Gasteiger partial charge in [-0.05, 0) is 39.7 Å². The lowest BCUT2D eigenvalue weighted by Gasteiger charge is -2.21. The number of thiazole rings is 1. The number of nitrogens with zero attached hydrogens (tertiary/aromatic N) is 3. The molecule has 2 aromatic rings. The molecule has 3 rings (SSSR count). The lowest BCUT2D eigenvalue weighted by molar-refractivity contribution is 0.476. The van der Waals surface area contributed by atoms with Gasteiger partial charge >= 0.3 is 0 Å². The summed E-state index contributed by atoms with van der Waals surface area (Å²) in [6, 6.07) is 0.906. The Morgan fingerprint density at radius 2 is 2.35 bits per heavy atom. The van der Waals surface area contributed by atoms with Crippen molar-refractivity contribution in [2.45, 2.75) is 52.1 Å². The van der Waals surface area contributed by atoms with Crippen molar-refractivity contribution in [3.05, 3.63) is 23.1 Å². The number of imidazole rings is 1. The smallest absolute Gasteiger partial charge is 0.142 e. The van der Waals surface area contributed by atoms with Gasteiger partial charge in [0.1, 0.15) is 5.01 Å². The van der Waals surface area contributed by atoms with Gasteiger partial charge in [-0.25, -0.2) is 9.97 Å². The molecule has 0 spiro atoms. The second-order valence-corrected chi connectivity index (χ2v) is 6.64. The fraction of sp³-hybridized carbons (Fsp3) is 0.600. The van der Waals surface area contributed by atoms with E-state index in [2.05, 4.69) is 35.6 Å². The Labute approximate surface area is 124 Å². The van der Waals surface area contributed by atoms with Crippen molar-refractivity contribution < 1.29 is 0 Å². The van der Waals surface area contributed by atoms with Crippen LogP contribution in [0.3, 0.4) is 0 Å². The van der Waals surface area contributed by atoms with Gasteiger partial charge in [0.2, 0.25) is 0 Å². The van der Waals surface area contributed by atoms with E-state index >= 15 is 0 Å². The first-order chi connectivity index (χ1) is 9.70. The summed E-state index contributed by atoms with van der Waals surface area (Å²) in [4.78, 5) is 10.6. The lowest BCUT2D eigenvalue weighted by Crippen LogP contribution is -2.23. The molecule has 20 heavy (non-hydrogen) atoms. The van der Waals surface area contributed by atoms with Gasteiger partial charge < -0.3 is 9.88 Å². The molecule has 1 atom stereocenters. The standard InChI is InChI=1S/C15H22N4S/c1-4-17-11-6-5-7-12-14(11)20-15(18-12)13-8-16-9-19(13)10(2)3/h8-11,17H,4-7H2,1-3H3. The van der Waals surface area contributed by atoms with E-state index < -0.39 is 0 Å². The number of hydrogen-bond donors (Lipinski definition) is 1. The van der Waals surface area contributed by atoms with Crippen LogP contribution in [-0.4, -0.2) is 21.1 Å². The van der Waals surface area contributed by atoms with Crippen molar-refractivity contribution in [2.24, 2.45) is 0 Å². The summed E-state index contributed by atoms with van der Waals surface area (Å²) in [7, 11) is 0. The van der Waals surface area contributed by atoms with Crippen molar-refractivity contribution in [1.29, 1.82) is 0 Å². The van der Waals surface area contributed by atoms with Crippen LogP contribution >= 0.6 is 11.3 Å². The Hall–Kier alpha value is -1.20. The maximum Gasteiger partial charge on any atom is 0.142 e. The number of rotatable bonds is 4. The third-order valence-corrected chi connectivity index (χ3v) is 5.08. The molecular formula is C15H22N4S. The van der Waals surface area contributed by atoms with Gasteiger partial charge in [0, 0.05) is 17.0 Å². The first kappa shape index (κ1) is 13.8. The van der Waals surface area contributed by atoms with Crippen molar-refractivity contribution in [2.75, 3.05) is 6.54 Å². The average molecular weight is 290 g/mol.